The summed E-state index contributed by atoms with van der Waals surface area (Å²) in [5, 5.41) is 0.665. The molecule has 5 nitrogen and oxygen atoms in total. The summed E-state index contributed by atoms with van der Waals surface area (Å²) in [6.07, 6.45) is -7.39. The summed E-state index contributed by atoms with van der Waals surface area (Å²) in [4.78, 5) is 20.2. The molecule has 1 amide bonds. The number of carbonyl (C=O) groups excluding carboxylic acids is 1. The van der Waals surface area contributed by atoms with Gasteiger partial charge in [0.1, 0.15) is 11.7 Å². The van der Waals surface area contributed by atoms with Crippen LogP contribution in [0.15, 0.2) is 60.9 Å². The maximum atomic E-state index is 14.9. The molecule has 0 aliphatic rings. The highest BCUT2D eigenvalue weighted by Gasteiger charge is 2.41. The normalized spacial score (nSPS) is 13.3. The SMILES string of the molecule is CN(NC(=O)c1ccc(/C(F)=C/C(c2cc(Cl)cc(Cl)c2)C(F)(F)F)cc1C(F)(F)F)c1ncccn1. The van der Waals surface area contributed by atoms with Crippen LogP contribution in [-0.2, 0) is 6.18 Å². The van der Waals surface area contributed by atoms with Crippen molar-refractivity contribution >= 4 is 40.9 Å². The second-order valence-electron chi connectivity index (χ2n) is 7.54. The van der Waals surface area contributed by atoms with Gasteiger partial charge in [-0.2, -0.15) is 26.3 Å². The van der Waals surface area contributed by atoms with E-state index in [2.05, 4.69) is 15.4 Å². The molecule has 1 atom stereocenters. The van der Waals surface area contributed by atoms with Crippen LogP contribution < -0.4 is 10.4 Å². The van der Waals surface area contributed by atoms with Gasteiger partial charge in [0.15, 0.2) is 0 Å². The fourth-order valence-electron chi connectivity index (χ4n) is 3.23. The number of carbonyl (C=O) groups is 1. The molecule has 1 heterocycles. The summed E-state index contributed by atoms with van der Waals surface area (Å²) in [6, 6.07) is 6.13. The van der Waals surface area contributed by atoms with E-state index >= 15 is 0 Å². The van der Waals surface area contributed by atoms with Crippen molar-refractivity contribution in [3.63, 3.8) is 0 Å². The predicted octanol–water partition coefficient (Wildman–Crippen LogP) is 7.24. The van der Waals surface area contributed by atoms with Crippen molar-refractivity contribution in [2.75, 3.05) is 12.1 Å². The van der Waals surface area contributed by atoms with Gasteiger partial charge in [0, 0.05) is 35.1 Å². The van der Waals surface area contributed by atoms with Crippen molar-refractivity contribution < 1.29 is 35.5 Å². The van der Waals surface area contributed by atoms with E-state index in [1.54, 1.807) is 0 Å². The number of alkyl halides is 6. The molecular weight excluding hydrogens is 552 g/mol. The van der Waals surface area contributed by atoms with Gasteiger partial charge in [-0.05, 0) is 48.0 Å². The molecule has 0 spiro atoms. The highest BCUT2D eigenvalue weighted by Crippen LogP contribution is 2.41. The highest BCUT2D eigenvalue weighted by atomic mass is 35.5. The van der Waals surface area contributed by atoms with Crippen LogP contribution in [0.25, 0.3) is 5.83 Å². The first-order valence-electron chi connectivity index (χ1n) is 10.1. The van der Waals surface area contributed by atoms with Gasteiger partial charge < -0.3 is 0 Å². The third-order valence-corrected chi connectivity index (χ3v) is 5.31. The monoisotopic (exact) mass is 566 g/mol. The minimum atomic E-state index is -5.14. The Balaban J connectivity index is 2.00. The Kier molecular flexibility index (Phi) is 8.33. The van der Waals surface area contributed by atoms with Crippen LogP contribution in [0.5, 0.6) is 0 Å². The molecule has 0 radical (unpaired) electrons. The van der Waals surface area contributed by atoms with Crippen LogP contribution in [-0.4, -0.2) is 29.1 Å². The van der Waals surface area contributed by atoms with Crippen molar-refractivity contribution in [1.82, 2.24) is 15.4 Å². The molecule has 14 heteroatoms. The fraction of sp³-hybridized carbons (Fsp3) is 0.174. The van der Waals surface area contributed by atoms with E-state index in [4.69, 9.17) is 23.2 Å². The quantitative estimate of drug-likeness (QED) is 0.252. The van der Waals surface area contributed by atoms with Crippen molar-refractivity contribution in [3.8, 4) is 0 Å². The Morgan fingerprint density at radius 1 is 1.00 bits per heavy atom. The smallest absolute Gasteiger partial charge is 0.267 e. The number of hydrazine groups is 1. The zero-order chi connectivity index (χ0) is 27.5. The molecule has 0 fully saturated rings. The standard InChI is InChI=1S/C23H15Cl2F7N4O/c1-36(21-33-5-2-6-34-21)35-20(37)16-4-3-12(9-18(16)23(30,31)32)19(26)11-17(22(27,28)29)13-7-14(24)10-15(25)8-13/h2-11,17H,1H3,(H,35,37)/b19-11-. The minimum absolute atomic E-state index is 0.0330. The number of allylic oxidation sites excluding steroid dienone is 1. The molecule has 0 saturated heterocycles. The number of nitrogens with zero attached hydrogens (tertiary/aromatic N) is 3. The van der Waals surface area contributed by atoms with Crippen molar-refractivity contribution in [2.24, 2.45) is 0 Å². The summed E-state index contributed by atoms with van der Waals surface area (Å²) in [7, 11) is 1.27. The number of rotatable bonds is 6. The number of anilines is 1. The van der Waals surface area contributed by atoms with E-state index in [1.807, 2.05) is 0 Å². The molecule has 3 rings (SSSR count). The molecule has 2 aromatic carbocycles. The lowest BCUT2D eigenvalue weighted by Crippen LogP contribution is -2.41. The molecule has 0 aliphatic heterocycles. The molecular formula is C23H15Cl2F7N4O. The second kappa shape index (κ2) is 10.9. The molecule has 0 bridgehead atoms. The molecule has 1 N–H and O–H groups in total. The van der Waals surface area contributed by atoms with E-state index in [9.17, 15) is 35.5 Å². The van der Waals surface area contributed by atoms with E-state index in [0.29, 0.717) is 6.07 Å². The number of halogens is 9. The van der Waals surface area contributed by atoms with E-state index < -0.39 is 52.3 Å². The Labute approximate surface area is 215 Å². The first-order chi connectivity index (χ1) is 17.2. The van der Waals surface area contributed by atoms with E-state index in [1.165, 1.54) is 31.6 Å². The predicted molar refractivity (Wildman–Crippen MR) is 124 cm³/mol. The first kappa shape index (κ1) is 28.2. The third-order valence-electron chi connectivity index (χ3n) is 4.88. The zero-order valence-electron chi connectivity index (χ0n) is 18.5. The van der Waals surface area contributed by atoms with Crippen LogP contribution in [0.2, 0.25) is 10.0 Å². The number of benzene rings is 2. The van der Waals surface area contributed by atoms with Crippen molar-refractivity contribution in [2.45, 2.75) is 18.3 Å². The van der Waals surface area contributed by atoms with Gasteiger partial charge in [0.2, 0.25) is 5.95 Å². The van der Waals surface area contributed by atoms with Crippen LogP contribution in [0.4, 0.5) is 36.7 Å². The molecule has 1 unspecified atom stereocenters. The molecule has 1 aromatic heterocycles. The molecule has 3 aromatic rings. The Hall–Kier alpha value is -3.38. The largest absolute Gasteiger partial charge is 0.417 e. The summed E-state index contributed by atoms with van der Waals surface area (Å²) < 4.78 is 97.3. The van der Waals surface area contributed by atoms with Crippen molar-refractivity contribution in [1.29, 1.82) is 0 Å². The maximum Gasteiger partial charge on any atom is 0.417 e. The zero-order valence-corrected chi connectivity index (χ0v) is 20.0. The third kappa shape index (κ3) is 7.10. The maximum absolute atomic E-state index is 14.9. The summed E-state index contributed by atoms with van der Waals surface area (Å²) in [5.41, 5.74) is -1.67. The summed E-state index contributed by atoms with van der Waals surface area (Å²) in [6.45, 7) is 0. The number of amides is 1. The topological polar surface area (TPSA) is 58.1 Å². The Morgan fingerprint density at radius 2 is 1.59 bits per heavy atom. The first-order valence-corrected chi connectivity index (χ1v) is 10.9. The number of hydrogen-bond donors (Lipinski definition) is 1. The van der Waals surface area contributed by atoms with E-state index in [-0.39, 0.29) is 28.1 Å². The Morgan fingerprint density at radius 3 is 2.14 bits per heavy atom. The minimum Gasteiger partial charge on any atom is -0.267 e. The summed E-state index contributed by atoms with van der Waals surface area (Å²) in [5.74, 6) is -5.44. The van der Waals surface area contributed by atoms with Gasteiger partial charge in [-0.3, -0.25) is 15.2 Å². The number of hydrogen-bond acceptors (Lipinski definition) is 4. The fourth-order valence-corrected chi connectivity index (χ4v) is 3.77. The Bertz CT molecular complexity index is 1290. The second-order valence-corrected chi connectivity index (χ2v) is 8.42. The highest BCUT2D eigenvalue weighted by molar-refractivity contribution is 6.34. The van der Waals surface area contributed by atoms with Gasteiger partial charge in [-0.1, -0.05) is 29.3 Å². The lowest BCUT2D eigenvalue weighted by atomic mass is 9.95. The van der Waals surface area contributed by atoms with Crippen LogP contribution >= 0.6 is 23.2 Å². The van der Waals surface area contributed by atoms with Gasteiger partial charge in [0.25, 0.3) is 5.91 Å². The number of aromatic nitrogens is 2. The van der Waals surface area contributed by atoms with Gasteiger partial charge in [0.05, 0.1) is 11.1 Å². The van der Waals surface area contributed by atoms with Gasteiger partial charge in [-0.15, -0.1) is 0 Å². The molecule has 0 aliphatic carbocycles. The average molecular weight is 567 g/mol. The summed E-state index contributed by atoms with van der Waals surface area (Å²) >= 11 is 11.5. The molecule has 37 heavy (non-hydrogen) atoms. The van der Waals surface area contributed by atoms with Crippen LogP contribution in [0, 0.1) is 0 Å². The number of nitrogens with one attached hydrogen (secondary N) is 1. The van der Waals surface area contributed by atoms with Crippen molar-refractivity contribution in [3.05, 3.63) is 93.2 Å². The lowest BCUT2D eigenvalue weighted by molar-refractivity contribution is -0.140. The van der Waals surface area contributed by atoms with Crippen LogP contribution in [0.3, 0.4) is 0 Å². The van der Waals surface area contributed by atoms with E-state index in [0.717, 1.165) is 23.2 Å². The average Bonchev–Trinajstić information content (AvgIpc) is 2.80. The van der Waals surface area contributed by atoms with Crippen LogP contribution in [0.1, 0.15) is 33.0 Å². The lowest BCUT2D eigenvalue weighted by Gasteiger charge is -2.20. The van der Waals surface area contributed by atoms with Gasteiger partial charge in [-0.25, -0.2) is 14.4 Å². The van der Waals surface area contributed by atoms with Gasteiger partial charge >= 0.3 is 12.4 Å². The molecule has 196 valence electrons. The molecule has 0 saturated carbocycles.